The van der Waals surface area contributed by atoms with Crippen LogP contribution in [-0.2, 0) is 26.2 Å². The van der Waals surface area contributed by atoms with E-state index in [4.69, 9.17) is 27.9 Å². The van der Waals surface area contributed by atoms with Crippen LogP contribution in [0.25, 0.3) is 0 Å². The van der Waals surface area contributed by atoms with Crippen LogP contribution in [0.2, 0.25) is 10.0 Å². The molecule has 3 aromatic rings. The van der Waals surface area contributed by atoms with Gasteiger partial charge in [-0.15, -0.1) is 0 Å². The maximum atomic E-state index is 14.1. The first-order valence-electron chi connectivity index (χ1n) is 13.1. The van der Waals surface area contributed by atoms with E-state index in [-0.39, 0.29) is 29.6 Å². The monoisotopic (exact) mass is 619 g/mol. The van der Waals surface area contributed by atoms with Crippen molar-refractivity contribution in [2.24, 2.45) is 0 Å². The molecule has 1 atom stereocenters. The molecular weight excluding hydrogens is 585 g/mol. The summed E-state index contributed by atoms with van der Waals surface area (Å²) in [4.78, 5) is 28.6. The molecule has 0 unspecified atom stereocenters. The van der Waals surface area contributed by atoms with E-state index in [1.807, 2.05) is 20.8 Å². The van der Waals surface area contributed by atoms with Gasteiger partial charge in [0.05, 0.1) is 17.2 Å². The summed E-state index contributed by atoms with van der Waals surface area (Å²) in [5.74, 6) is -0.680. The lowest BCUT2D eigenvalue weighted by atomic mass is 10.1. The van der Waals surface area contributed by atoms with Gasteiger partial charge in [-0.3, -0.25) is 13.9 Å². The number of ether oxygens (including phenoxy) is 1. The molecule has 41 heavy (non-hydrogen) atoms. The second kappa shape index (κ2) is 13.6. The fraction of sp³-hybridized carbons (Fsp3) is 0.333. The van der Waals surface area contributed by atoms with Gasteiger partial charge < -0.3 is 15.0 Å². The number of halogens is 2. The van der Waals surface area contributed by atoms with E-state index in [2.05, 4.69) is 5.32 Å². The minimum absolute atomic E-state index is 0.0278. The molecule has 0 aliphatic heterocycles. The molecule has 11 heteroatoms. The van der Waals surface area contributed by atoms with Crippen molar-refractivity contribution in [3.05, 3.63) is 88.4 Å². The zero-order valence-corrected chi connectivity index (χ0v) is 26.1. The van der Waals surface area contributed by atoms with Gasteiger partial charge in [0.25, 0.3) is 10.0 Å². The Balaban J connectivity index is 2.09. The van der Waals surface area contributed by atoms with Crippen LogP contribution >= 0.6 is 23.2 Å². The molecular formula is C30H35Cl2N3O5S. The largest absolute Gasteiger partial charge is 0.492 e. The third-order valence-corrected chi connectivity index (χ3v) is 8.28. The summed E-state index contributed by atoms with van der Waals surface area (Å²) in [6, 6.07) is 18.3. The number of amides is 2. The van der Waals surface area contributed by atoms with E-state index in [0.29, 0.717) is 21.4 Å². The van der Waals surface area contributed by atoms with Gasteiger partial charge >= 0.3 is 0 Å². The van der Waals surface area contributed by atoms with Crippen molar-refractivity contribution in [1.82, 2.24) is 10.2 Å². The van der Waals surface area contributed by atoms with Crippen LogP contribution in [0, 0.1) is 0 Å². The topological polar surface area (TPSA) is 96.0 Å². The highest BCUT2D eigenvalue weighted by molar-refractivity contribution is 7.92. The lowest BCUT2D eigenvalue weighted by molar-refractivity contribution is -0.140. The predicted octanol–water partition coefficient (Wildman–Crippen LogP) is 5.92. The van der Waals surface area contributed by atoms with E-state index < -0.39 is 34.1 Å². The van der Waals surface area contributed by atoms with Crippen molar-refractivity contribution >= 4 is 50.7 Å². The van der Waals surface area contributed by atoms with Crippen molar-refractivity contribution in [2.45, 2.75) is 57.6 Å². The molecule has 0 spiro atoms. The zero-order valence-electron chi connectivity index (χ0n) is 23.7. The fourth-order valence-corrected chi connectivity index (χ4v) is 5.84. The molecule has 0 saturated heterocycles. The standard InChI is InChI=1S/C30H35Cl2N3O5S/c1-6-40-27-13-8-7-12-26(27)35(41(38,39)25-16-14-23(31)15-17-25)20-28(36)34(19-22-10-9-11-24(32)18-22)21(2)29(37)33-30(3,4)5/h7-18,21H,6,19-20H2,1-5H3,(H,33,37)/t21-/m1/s1. The Hall–Kier alpha value is -3.27. The van der Waals surface area contributed by atoms with Gasteiger partial charge in [0.1, 0.15) is 18.3 Å². The number of para-hydroxylation sites is 2. The minimum atomic E-state index is -4.27. The van der Waals surface area contributed by atoms with E-state index in [1.165, 1.54) is 29.2 Å². The Morgan fingerprint density at radius 1 is 0.951 bits per heavy atom. The summed E-state index contributed by atoms with van der Waals surface area (Å²) < 4.78 is 34.8. The molecule has 0 aromatic heterocycles. The van der Waals surface area contributed by atoms with Crippen LogP contribution in [-0.4, -0.2) is 49.9 Å². The van der Waals surface area contributed by atoms with Gasteiger partial charge in [-0.1, -0.05) is 47.5 Å². The number of hydrogen-bond acceptors (Lipinski definition) is 5. The summed E-state index contributed by atoms with van der Waals surface area (Å²) in [5, 5.41) is 3.74. The number of anilines is 1. The summed E-state index contributed by atoms with van der Waals surface area (Å²) in [6.45, 7) is 8.62. The molecule has 0 radical (unpaired) electrons. The molecule has 0 aliphatic rings. The van der Waals surface area contributed by atoms with Crippen LogP contribution in [0.15, 0.2) is 77.7 Å². The molecule has 2 amide bonds. The molecule has 0 aliphatic carbocycles. The summed E-state index contributed by atoms with van der Waals surface area (Å²) in [5.41, 5.74) is 0.325. The Kier molecular flexibility index (Phi) is 10.7. The van der Waals surface area contributed by atoms with Gasteiger partial charge in [-0.05, 0) is 88.7 Å². The van der Waals surface area contributed by atoms with Crippen LogP contribution in [0.3, 0.4) is 0 Å². The second-order valence-electron chi connectivity index (χ2n) is 10.4. The quantitative estimate of drug-likeness (QED) is 0.287. The number of hydrogen-bond donors (Lipinski definition) is 1. The van der Waals surface area contributed by atoms with Gasteiger partial charge in [-0.2, -0.15) is 0 Å². The molecule has 0 fully saturated rings. The van der Waals surface area contributed by atoms with Crippen molar-refractivity contribution in [2.75, 3.05) is 17.5 Å². The van der Waals surface area contributed by atoms with Crippen molar-refractivity contribution < 1.29 is 22.7 Å². The molecule has 3 rings (SSSR count). The normalized spacial score (nSPS) is 12.4. The summed E-state index contributed by atoms with van der Waals surface area (Å²) in [7, 11) is -4.27. The average molecular weight is 621 g/mol. The second-order valence-corrected chi connectivity index (χ2v) is 13.2. The Labute approximate surface area is 252 Å². The van der Waals surface area contributed by atoms with Crippen LogP contribution in [0.1, 0.15) is 40.2 Å². The van der Waals surface area contributed by atoms with Gasteiger partial charge in [0.15, 0.2) is 0 Å². The zero-order chi connectivity index (χ0) is 30.4. The fourth-order valence-electron chi connectivity index (χ4n) is 4.08. The van der Waals surface area contributed by atoms with Crippen LogP contribution in [0.5, 0.6) is 5.75 Å². The molecule has 0 bridgehead atoms. The average Bonchev–Trinajstić information content (AvgIpc) is 2.90. The van der Waals surface area contributed by atoms with E-state index in [0.717, 1.165) is 4.31 Å². The maximum Gasteiger partial charge on any atom is 0.264 e. The smallest absolute Gasteiger partial charge is 0.264 e. The third-order valence-electron chi connectivity index (χ3n) is 6.02. The van der Waals surface area contributed by atoms with Crippen molar-refractivity contribution in [1.29, 1.82) is 0 Å². The SMILES string of the molecule is CCOc1ccccc1N(CC(=O)N(Cc1cccc(Cl)c1)[C@H](C)C(=O)NC(C)(C)C)S(=O)(=O)c1ccc(Cl)cc1. The lowest BCUT2D eigenvalue weighted by Gasteiger charge is -2.33. The predicted molar refractivity (Wildman–Crippen MR) is 163 cm³/mol. The molecule has 3 aromatic carbocycles. The number of nitrogens with zero attached hydrogens (tertiary/aromatic N) is 2. The number of nitrogens with one attached hydrogen (secondary N) is 1. The van der Waals surface area contributed by atoms with E-state index >= 15 is 0 Å². The summed E-state index contributed by atoms with van der Waals surface area (Å²) >= 11 is 12.2. The van der Waals surface area contributed by atoms with Gasteiger partial charge in [0, 0.05) is 22.1 Å². The molecule has 0 saturated carbocycles. The lowest BCUT2D eigenvalue weighted by Crippen LogP contribution is -2.54. The highest BCUT2D eigenvalue weighted by atomic mass is 35.5. The van der Waals surface area contributed by atoms with Crippen LogP contribution in [0.4, 0.5) is 5.69 Å². The molecule has 220 valence electrons. The Morgan fingerprint density at radius 2 is 1.61 bits per heavy atom. The number of rotatable bonds is 11. The van der Waals surface area contributed by atoms with Crippen molar-refractivity contribution in [3.8, 4) is 5.75 Å². The van der Waals surface area contributed by atoms with Gasteiger partial charge in [-0.25, -0.2) is 8.42 Å². The molecule has 0 heterocycles. The number of carbonyl (C=O) groups excluding carboxylic acids is 2. The highest BCUT2D eigenvalue weighted by Gasteiger charge is 2.34. The number of carbonyl (C=O) groups is 2. The Bertz CT molecular complexity index is 1470. The number of benzene rings is 3. The molecule has 8 nitrogen and oxygen atoms in total. The summed E-state index contributed by atoms with van der Waals surface area (Å²) in [6.07, 6.45) is 0. The molecule has 1 N–H and O–H groups in total. The first-order chi connectivity index (χ1) is 19.2. The minimum Gasteiger partial charge on any atom is -0.492 e. The highest BCUT2D eigenvalue weighted by Crippen LogP contribution is 2.33. The van der Waals surface area contributed by atoms with Gasteiger partial charge in [0.2, 0.25) is 11.8 Å². The van der Waals surface area contributed by atoms with E-state index in [1.54, 1.807) is 62.4 Å². The van der Waals surface area contributed by atoms with Crippen molar-refractivity contribution in [3.63, 3.8) is 0 Å². The maximum absolute atomic E-state index is 14.1. The first kappa shape index (κ1) is 32.2. The number of sulfonamides is 1. The van der Waals surface area contributed by atoms with Crippen LogP contribution < -0.4 is 14.4 Å². The third kappa shape index (κ3) is 8.61. The first-order valence-corrected chi connectivity index (χ1v) is 15.3. The Morgan fingerprint density at radius 3 is 2.22 bits per heavy atom. The van der Waals surface area contributed by atoms with E-state index in [9.17, 15) is 18.0 Å².